The summed E-state index contributed by atoms with van der Waals surface area (Å²) in [6.07, 6.45) is 7.42. The van der Waals surface area contributed by atoms with E-state index in [9.17, 15) is 4.79 Å². The Morgan fingerprint density at radius 1 is 1.69 bits per heavy atom. The minimum Gasteiger partial charge on any atom is -0.310 e. The van der Waals surface area contributed by atoms with Gasteiger partial charge in [0.05, 0.1) is 0 Å². The lowest BCUT2D eigenvalue weighted by molar-refractivity contribution is -0.118. The molecule has 0 bridgehead atoms. The molecule has 13 heavy (non-hydrogen) atoms. The van der Waals surface area contributed by atoms with Gasteiger partial charge >= 0.3 is 0 Å². The maximum atomic E-state index is 11.2. The van der Waals surface area contributed by atoms with Crippen molar-refractivity contribution >= 4 is 34.2 Å². The first-order valence-corrected chi connectivity index (χ1v) is 5.71. The molecular weight excluding hydrogens is 202 g/mol. The first kappa shape index (κ1) is 10.7. The summed E-state index contributed by atoms with van der Waals surface area (Å²) in [7, 11) is 0. The Bertz CT molecular complexity index is 238. The maximum Gasteiger partial charge on any atom is 0.242 e. The topological polar surface area (TPSA) is 29.1 Å². The quantitative estimate of drug-likeness (QED) is 0.443. The zero-order valence-electron chi connectivity index (χ0n) is 7.58. The molecule has 1 aliphatic heterocycles. The van der Waals surface area contributed by atoms with Gasteiger partial charge in [-0.25, -0.2) is 0 Å². The molecule has 0 aromatic carbocycles. The summed E-state index contributed by atoms with van der Waals surface area (Å²) < 4.78 is 0.593. The van der Waals surface area contributed by atoms with Crippen LogP contribution in [0.15, 0.2) is 12.2 Å². The van der Waals surface area contributed by atoms with Crippen LogP contribution in [-0.2, 0) is 4.79 Å². The van der Waals surface area contributed by atoms with E-state index in [1.165, 1.54) is 24.6 Å². The van der Waals surface area contributed by atoms with Gasteiger partial charge in [-0.3, -0.25) is 4.79 Å². The summed E-state index contributed by atoms with van der Waals surface area (Å²) in [5.41, 5.74) is 0. The second-order valence-electron chi connectivity index (χ2n) is 2.89. The summed E-state index contributed by atoms with van der Waals surface area (Å²) in [4.78, 5) is 11.2. The highest BCUT2D eigenvalue weighted by Gasteiger charge is 2.25. The van der Waals surface area contributed by atoms with Crippen LogP contribution >= 0.6 is 24.0 Å². The normalized spacial score (nSPS) is 22.7. The summed E-state index contributed by atoms with van der Waals surface area (Å²) in [5.74, 6) is 0.0164. The lowest BCUT2D eigenvalue weighted by Crippen LogP contribution is -2.22. The number of amides is 1. The predicted molar refractivity (Wildman–Crippen MR) is 60.8 cm³/mol. The number of rotatable bonds is 4. The average Bonchev–Trinajstić information content (AvgIpc) is 2.39. The first-order chi connectivity index (χ1) is 6.24. The van der Waals surface area contributed by atoms with Crippen molar-refractivity contribution in [2.75, 3.05) is 0 Å². The smallest absolute Gasteiger partial charge is 0.242 e. The fourth-order valence-electron chi connectivity index (χ4n) is 1.04. The second-order valence-corrected chi connectivity index (χ2v) is 4.70. The molecule has 1 atom stereocenters. The molecule has 0 radical (unpaired) electrons. The molecule has 1 rings (SSSR count). The van der Waals surface area contributed by atoms with E-state index in [-0.39, 0.29) is 11.2 Å². The number of nitrogens with one attached hydrogen (secondary N) is 1. The highest BCUT2D eigenvalue weighted by Crippen LogP contribution is 2.20. The van der Waals surface area contributed by atoms with Crippen molar-refractivity contribution in [1.82, 2.24) is 5.32 Å². The number of unbranched alkanes of at least 4 members (excludes halogenated alkanes) is 2. The molecule has 4 heteroatoms. The largest absolute Gasteiger partial charge is 0.310 e. The molecule has 0 aromatic rings. The zero-order valence-corrected chi connectivity index (χ0v) is 9.21. The van der Waals surface area contributed by atoms with Crippen LogP contribution < -0.4 is 5.32 Å². The van der Waals surface area contributed by atoms with Crippen molar-refractivity contribution in [3.63, 3.8) is 0 Å². The van der Waals surface area contributed by atoms with Crippen molar-refractivity contribution in [1.29, 1.82) is 0 Å². The summed E-state index contributed by atoms with van der Waals surface area (Å²) in [6.45, 7) is 2.15. The van der Waals surface area contributed by atoms with Gasteiger partial charge in [-0.15, -0.1) is 0 Å². The van der Waals surface area contributed by atoms with Gasteiger partial charge in [-0.1, -0.05) is 55.9 Å². The molecule has 1 saturated heterocycles. The van der Waals surface area contributed by atoms with Crippen molar-refractivity contribution in [3.8, 4) is 0 Å². The van der Waals surface area contributed by atoms with Gasteiger partial charge in [-0.05, 0) is 6.42 Å². The first-order valence-electron chi connectivity index (χ1n) is 4.42. The summed E-state index contributed by atoms with van der Waals surface area (Å²) >= 11 is 6.29. The van der Waals surface area contributed by atoms with Crippen molar-refractivity contribution in [2.24, 2.45) is 0 Å². The van der Waals surface area contributed by atoms with Gasteiger partial charge in [0.15, 0.2) is 0 Å². The van der Waals surface area contributed by atoms with Gasteiger partial charge in [0, 0.05) is 0 Å². The molecule has 0 saturated carbocycles. The Labute approximate surface area is 88.2 Å². The second kappa shape index (κ2) is 5.40. The summed E-state index contributed by atoms with van der Waals surface area (Å²) in [6, 6.07) is 0. The predicted octanol–water partition coefficient (Wildman–Crippen LogP) is 2.25. The van der Waals surface area contributed by atoms with E-state index in [0.717, 1.165) is 6.42 Å². The Morgan fingerprint density at radius 2 is 2.46 bits per heavy atom. The van der Waals surface area contributed by atoms with Crippen molar-refractivity contribution in [2.45, 2.75) is 31.4 Å². The molecule has 1 unspecified atom stereocenters. The van der Waals surface area contributed by atoms with Crippen LogP contribution in [0.5, 0.6) is 0 Å². The van der Waals surface area contributed by atoms with Crippen LogP contribution in [0.4, 0.5) is 0 Å². The average molecular weight is 215 g/mol. The number of carbonyl (C=O) groups is 1. The van der Waals surface area contributed by atoms with Gasteiger partial charge in [0.2, 0.25) is 5.91 Å². The summed E-state index contributed by atoms with van der Waals surface area (Å²) in [5, 5.41) is 2.52. The van der Waals surface area contributed by atoms with Crippen molar-refractivity contribution < 1.29 is 4.79 Å². The number of carbonyl (C=O) groups excluding carboxylic acids is 1. The van der Waals surface area contributed by atoms with Gasteiger partial charge in [0.25, 0.3) is 0 Å². The molecule has 0 spiro atoms. The maximum absolute atomic E-state index is 11.2. The van der Waals surface area contributed by atoms with E-state index in [0.29, 0.717) is 4.32 Å². The molecule has 2 nitrogen and oxygen atoms in total. The van der Waals surface area contributed by atoms with Crippen LogP contribution in [0.2, 0.25) is 0 Å². The third-order valence-corrected chi connectivity index (χ3v) is 3.08. The molecule has 1 heterocycles. The number of allylic oxidation sites excluding steroid dienone is 1. The highest BCUT2D eigenvalue weighted by atomic mass is 32.2. The van der Waals surface area contributed by atoms with Crippen molar-refractivity contribution in [3.05, 3.63) is 12.2 Å². The number of thiocarbonyl (C=S) groups is 1. The zero-order chi connectivity index (χ0) is 9.68. The lowest BCUT2D eigenvalue weighted by atomic mass is 10.2. The Hall–Kier alpha value is -0.350. The fourth-order valence-corrected chi connectivity index (χ4v) is 2.20. The third-order valence-electron chi connectivity index (χ3n) is 1.75. The standard InChI is InChI=1S/C9H13NOS2/c1-2-3-4-5-6-7-8(11)10-9(12)13-7/h5-7H,2-4H2,1H3,(H,10,11,12)/b6-5+. The molecular formula is C9H13NOS2. The molecule has 72 valence electrons. The molecule has 0 aliphatic carbocycles. The van der Waals surface area contributed by atoms with Crippen LogP contribution in [0.25, 0.3) is 0 Å². The molecule has 0 aromatic heterocycles. The molecule has 1 amide bonds. The molecule has 1 aliphatic rings. The Morgan fingerprint density at radius 3 is 3.00 bits per heavy atom. The van der Waals surface area contributed by atoms with Crippen LogP contribution in [0.1, 0.15) is 26.2 Å². The number of hydrogen-bond acceptors (Lipinski definition) is 3. The van der Waals surface area contributed by atoms with Gasteiger partial charge in [-0.2, -0.15) is 0 Å². The fraction of sp³-hybridized carbons (Fsp3) is 0.556. The highest BCUT2D eigenvalue weighted by molar-refractivity contribution is 8.24. The van der Waals surface area contributed by atoms with E-state index in [1.54, 1.807) is 0 Å². The molecule has 1 fully saturated rings. The van der Waals surface area contributed by atoms with E-state index in [4.69, 9.17) is 12.2 Å². The minimum atomic E-state index is -0.0932. The van der Waals surface area contributed by atoms with E-state index in [2.05, 4.69) is 18.3 Å². The lowest BCUT2D eigenvalue weighted by Gasteiger charge is -1.95. The number of thioether (sulfide) groups is 1. The van der Waals surface area contributed by atoms with E-state index >= 15 is 0 Å². The van der Waals surface area contributed by atoms with E-state index in [1.807, 2.05) is 6.08 Å². The monoisotopic (exact) mass is 215 g/mol. The van der Waals surface area contributed by atoms with Crippen LogP contribution in [0.3, 0.4) is 0 Å². The SMILES string of the molecule is CCCC/C=C/C1SC(=S)NC1=O. The molecule has 1 N–H and O–H groups in total. The third kappa shape index (κ3) is 3.48. The minimum absolute atomic E-state index is 0.0164. The Kier molecular flexibility index (Phi) is 4.45. The van der Waals surface area contributed by atoms with E-state index < -0.39 is 0 Å². The van der Waals surface area contributed by atoms with Crippen LogP contribution in [-0.4, -0.2) is 15.5 Å². The number of hydrogen-bond donors (Lipinski definition) is 1. The van der Waals surface area contributed by atoms with Gasteiger partial charge in [0.1, 0.15) is 9.57 Å². The van der Waals surface area contributed by atoms with Gasteiger partial charge < -0.3 is 5.32 Å². The van der Waals surface area contributed by atoms with Crippen LogP contribution in [0, 0.1) is 0 Å². The Balaban J connectivity index is 2.32.